The van der Waals surface area contributed by atoms with Gasteiger partial charge in [-0.05, 0) is 43.5 Å². The Bertz CT molecular complexity index is 630. The van der Waals surface area contributed by atoms with Crippen molar-refractivity contribution in [2.24, 2.45) is 0 Å². The van der Waals surface area contributed by atoms with E-state index in [1.165, 1.54) is 5.56 Å². The summed E-state index contributed by atoms with van der Waals surface area (Å²) in [5, 5.41) is 0. The highest BCUT2D eigenvalue weighted by molar-refractivity contribution is 5.76. The Kier molecular flexibility index (Phi) is 5.59. The molecule has 2 aromatic rings. The molecule has 0 heterocycles. The molecule has 116 valence electrons. The molecule has 0 radical (unpaired) electrons. The molecule has 0 aromatic heterocycles. The van der Waals surface area contributed by atoms with Crippen LogP contribution in [0.2, 0.25) is 0 Å². The SMILES string of the molecule is CCOc1cc(CC)ccc1OC(=O)Cc1ccc(C)cc1. The van der Waals surface area contributed by atoms with Crippen molar-refractivity contribution in [3.8, 4) is 11.5 Å². The minimum atomic E-state index is -0.283. The van der Waals surface area contributed by atoms with Crippen LogP contribution in [0.25, 0.3) is 0 Å². The lowest BCUT2D eigenvalue weighted by Crippen LogP contribution is -2.12. The molecular formula is C19H22O3. The van der Waals surface area contributed by atoms with Crippen LogP contribution in [0.1, 0.15) is 30.5 Å². The molecule has 0 unspecified atom stereocenters. The Labute approximate surface area is 131 Å². The molecule has 3 heteroatoms. The molecule has 2 aromatic carbocycles. The van der Waals surface area contributed by atoms with Crippen molar-refractivity contribution in [1.82, 2.24) is 0 Å². The Hall–Kier alpha value is -2.29. The maximum atomic E-state index is 12.1. The number of aryl methyl sites for hydroxylation is 2. The summed E-state index contributed by atoms with van der Waals surface area (Å²) in [5.74, 6) is 0.823. The normalized spacial score (nSPS) is 10.3. The molecule has 2 rings (SSSR count). The molecule has 0 spiro atoms. The fraction of sp³-hybridized carbons (Fsp3) is 0.316. The first-order valence-electron chi connectivity index (χ1n) is 7.64. The van der Waals surface area contributed by atoms with Crippen LogP contribution in [0.4, 0.5) is 0 Å². The minimum absolute atomic E-state index is 0.251. The van der Waals surface area contributed by atoms with Crippen LogP contribution in [-0.2, 0) is 17.6 Å². The number of benzene rings is 2. The average molecular weight is 298 g/mol. The first-order valence-corrected chi connectivity index (χ1v) is 7.64. The molecule has 22 heavy (non-hydrogen) atoms. The quantitative estimate of drug-likeness (QED) is 0.595. The van der Waals surface area contributed by atoms with Crippen molar-refractivity contribution in [3.05, 3.63) is 59.2 Å². The number of hydrogen-bond donors (Lipinski definition) is 0. The number of ether oxygens (including phenoxy) is 2. The van der Waals surface area contributed by atoms with Gasteiger partial charge >= 0.3 is 5.97 Å². The number of carbonyl (C=O) groups is 1. The van der Waals surface area contributed by atoms with Gasteiger partial charge in [-0.25, -0.2) is 0 Å². The third kappa shape index (κ3) is 4.35. The molecule has 0 aliphatic heterocycles. The first-order chi connectivity index (χ1) is 10.6. The predicted molar refractivity (Wildman–Crippen MR) is 87.5 cm³/mol. The second-order valence-corrected chi connectivity index (χ2v) is 5.20. The van der Waals surface area contributed by atoms with Crippen LogP contribution < -0.4 is 9.47 Å². The summed E-state index contributed by atoms with van der Waals surface area (Å²) in [6.07, 6.45) is 1.17. The highest BCUT2D eigenvalue weighted by Gasteiger charge is 2.12. The van der Waals surface area contributed by atoms with Gasteiger partial charge in [0, 0.05) is 0 Å². The van der Waals surface area contributed by atoms with Crippen molar-refractivity contribution in [2.75, 3.05) is 6.61 Å². The molecule has 0 aliphatic rings. The zero-order chi connectivity index (χ0) is 15.9. The summed E-state index contributed by atoms with van der Waals surface area (Å²) in [6.45, 7) is 6.55. The summed E-state index contributed by atoms with van der Waals surface area (Å²) < 4.78 is 11.0. The maximum Gasteiger partial charge on any atom is 0.315 e. The van der Waals surface area contributed by atoms with E-state index in [1.54, 1.807) is 6.07 Å². The predicted octanol–water partition coefficient (Wildman–Crippen LogP) is 4.10. The van der Waals surface area contributed by atoms with Gasteiger partial charge in [0.1, 0.15) is 0 Å². The Morgan fingerprint density at radius 2 is 1.64 bits per heavy atom. The Balaban J connectivity index is 2.08. The summed E-state index contributed by atoms with van der Waals surface area (Å²) in [7, 11) is 0. The standard InChI is InChI=1S/C19H22O3/c1-4-15-10-11-17(18(12-15)21-5-2)22-19(20)13-16-8-6-14(3)7-9-16/h6-12H,4-5,13H2,1-3H3. The van der Waals surface area contributed by atoms with Gasteiger partial charge in [-0.3, -0.25) is 4.79 Å². The second kappa shape index (κ2) is 7.64. The van der Waals surface area contributed by atoms with Crippen molar-refractivity contribution >= 4 is 5.97 Å². The first kappa shape index (κ1) is 16.1. The van der Waals surface area contributed by atoms with E-state index in [0.717, 1.165) is 17.5 Å². The number of hydrogen-bond acceptors (Lipinski definition) is 3. The monoisotopic (exact) mass is 298 g/mol. The van der Waals surface area contributed by atoms with Crippen molar-refractivity contribution in [2.45, 2.75) is 33.6 Å². The lowest BCUT2D eigenvalue weighted by molar-refractivity contribution is -0.133. The third-order valence-corrected chi connectivity index (χ3v) is 3.41. The van der Waals surface area contributed by atoms with Crippen molar-refractivity contribution < 1.29 is 14.3 Å². The minimum Gasteiger partial charge on any atom is -0.490 e. The van der Waals surface area contributed by atoms with Crippen LogP contribution >= 0.6 is 0 Å². The van der Waals surface area contributed by atoms with Gasteiger partial charge in [-0.2, -0.15) is 0 Å². The summed E-state index contributed by atoms with van der Waals surface area (Å²) in [4.78, 5) is 12.1. The molecule has 0 saturated carbocycles. The van der Waals surface area contributed by atoms with Crippen LogP contribution in [0, 0.1) is 6.92 Å². The molecule has 0 atom stereocenters. The molecule has 0 amide bonds. The molecular weight excluding hydrogens is 276 g/mol. The molecule has 0 bridgehead atoms. The fourth-order valence-electron chi connectivity index (χ4n) is 2.16. The Morgan fingerprint density at radius 3 is 2.27 bits per heavy atom. The molecule has 0 saturated heterocycles. The molecule has 0 aliphatic carbocycles. The highest BCUT2D eigenvalue weighted by Crippen LogP contribution is 2.29. The number of esters is 1. The van der Waals surface area contributed by atoms with E-state index in [9.17, 15) is 4.79 Å². The average Bonchev–Trinajstić information content (AvgIpc) is 2.51. The van der Waals surface area contributed by atoms with E-state index in [2.05, 4.69) is 6.92 Å². The van der Waals surface area contributed by atoms with E-state index in [0.29, 0.717) is 18.1 Å². The second-order valence-electron chi connectivity index (χ2n) is 5.20. The van der Waals surface area contributed by atoms with Gasteiger partial charge in [0.15, 0.2) is 11.5 Å². The van der Waals surface area contributed by atoms with E-state index in [-0.39, 0.29) is 12.4 Å². The van der Waals surface area contributed by atoms with Gasteiger partial charge in [0.2, 0.25) is 0 Å². The van der Waals surface area contributed by atoms with Gasteiger partial charge in [-0.15, -0.1) is 0 Å². The molecule has 3 nitrogen and oxygen atoms in total. The fourth-order valence-corrected chi connectivity index (χ4v) is 2.16. The summed E-state index contributed by atoms with van der Waals surface area (Å²) in [5.41, 5.74) is 3.27. The zero-order valence-electron chi connectivity index (χ0n) is 13.4. The van der Waals surface area contributed by atoms with Crippen molar-refractivity contribution in [3.63, 3.8) is 0 Å². The highest BCUT2D eigenvalue weighted by atomic mass is 16.6. The lowest BCUT2D eigenvalue weighted by Gasteiger charge is -2.12. The Morgan fingerprint density at radius 1 is 0.955 bits per heavy atom. The van der Waals surface area contributed by atoms with Gasteiger partial charge in [-0.1, -0.05) is 42.8 Å². The molecule has 0 N–H and O–H groups in total. The van der Waals surface area contributed by atoms with Crippen LogP contribution in [0.15, 0.2) is 42.5 Å². The van der Waals surface area contributed by atoms with Gasteiger partial charge in [0.05, 0.1) is 13.0 Å². The van der Waals surface area contributed by atoms with Crippen LogP contribution in [-0.4, -0.2) is 12.6 Å². The van der Waals surface area contributed by atoms with Crippen LogP contribution in [0.3, 0.4) is 0 Å². The third-order valence-electron chi connectivity index (χ3n) is 3.41. The molecule has 0 fully saturated rings. The van der Waals surface area contributed by atoms with Crippen molar-refractivity contribution in [1.29, 1.82) is 0 Å². The van der Waals surface area contributed by atoms with Crippen LogP contribution in [0.5, 0.6) is 11.5 Å². The summed E-state index contributed by atoms with van der Waals surface area (Å²) in [6, 6.07) is 13.6. The largest absolute Gasteiger partial charge is 0.490 e. The summed E-state index contributed by atoms with van der Waals surface area (Å²) >= 11 is 0. The topological polar surface area (TPSA) is 35.5 Å². The van der Waals surface area contributed by atoms with Gasteiger partial charge < -0.3 is 9.47 Å². The zero-order valence-corrected chi connectivity index (χ0v) is 13.4. The smallest absolute Gasteiger partial charge is 0.315 e. The van der Waals surface area contributed by atoms with Gasteiger partial charge in [0.25, 0.3) is 0 Å². The number of carbonyl (C=O) groups excluding carboxylic acids is 1. The lowest BCUT2D eigenvalue weighted by atomic mass is 10.1. The maximum absolute atomic E-state index is 12.1. The van der Waals surface area contributed by atoms with E-state index in [4.69, 9.17) is 9.47 Å². The van der Waals surface area contributed by atoms with E-state index < -0.39 is 0 Å². The van der Waals surface area contributed by atoms with E-state index >= 15 is 0 Å². The number of rotatable bonds is 6. The van der Waals surface area contributed by atoms with E-state index in [1.807, 2.05) is 50.2 Å².